The first kappa shape index (κ1) is 19.1. The second kappa shape index (κ2) is 7.94. The van der Waals surface area contributed by atoms with Crippen molar-refractivity contribution in [2.45, 2.75) is 19.9 Å². The van der Waals surface area contributed by atoms with Gasteiger partial charge in [-0.05, 0) is 24.4 Å². The lowest BCUT2D eigenvalue weighted by atomic mass is 10.1. The van der Waals surface area contributed by atoms with Crippen molar-refractivity contribution in [1.82, 2.24) is 4.90 Å². The molecule has 3 rings (SSSR count). The van der Waals surface area contributed by atoms with Crippen LogP contribution in [-0.2, 0) is 13.0 Å². The number of furan rings is 1. The molecule has 0 aliphatic rings. The van der Waals surface area contributed by atoms with Crippen LogP contribution in [-0.4, -0.2) is 22.0 Å². The molecule has 0 radical (unpaired) electrons. The smallest absolute Gasteiger partial charge is 0.271 e. The standard InChI is InChI=1S/C19H18ClN3O3S/c1-3-17-14(13-6-4-5-7-18(13)26-17)11-22(2)19(27)21-16-10-12(23(24)25)8-9-15(16)20/h4-10H,3,11H2,1-2H3,(H,21,27). The number of anilines is 1. The van der Waals surface area contributed by atoms with E-state index < -0.39 is 4.92 Å². The third-order valence-corrected chi connectivity index (χ3v) is 4.99. The van der Waals surface area contributed by atoms with E-state index in [1.807, 2.05) is 43.1 Å². The molecule has 0 spiro atoms. The Hall–Kier alpha value is -2.64. The fraction of sp³-hybridized carbons (Fsp3) is 0.211. The van der Waals surface area contributed by atoms with Crippen molar-refractivity contribution in [1.29, 1.82) is 0 Å². The Morgan fingerprint density at radius 1 is 1.33 bits per heavy atom. The maximum Gasteiger partial charge on any atom is 0.271 e. The van der Waals surface area contributed by atoms with Crippen molar-refractivity contribution in [3.63, 3.8) is 0 Å². The minimum Gasteiger partial charge on any atom is -0.461 e. The van der Waals surface area contributed by atoms with Gasteiger partial charge in [-0.25, -0.2) is 0 Å². The number of nitro benzene ring substituents is 1. The van der Waals surface area contributed by atoms with Crippen LogP contribution in [0.15, 0.2) is 46.9 Å². The maximum atomic E-state index is 11.0. The van der Waals surface area contributed by atoms with Gasteiger partial charge in [-0.15, -0.1) is 0 Å². The predicted molar refractivity (Wildman–Crippen MR) is 111 cm³/mol. The molecule has 8 heteroatoms. The van der Waals surface area contributed by atoms with Gasteiger partial charge in [-0.1, -0.05) is 36.7 Å². The zero-order valence-corrected chi connectivity index (χ0v) is 16.4. The summed E-state index contributed by atoms with van der Waals surface area (Å²) >= 11 is 11.6. The van der Waals surface area contributed by atoms with Gasteiger partial charge < -0.3 is 14.6 Å². The van der Waals surface area contributed by atoms with Crippen molar-refractivity contribution in [3.8, 4) is 0 Å². The van der Waals surface area contributed by atoms with Crippen LogP contribution in [0.2, 0.25) is 5.02 Å². The number of thiocarbonyl (C=S) groups is 1. The van der Waals surface area contributed by atoms with Gasteiger partial charge >= 0.3 is 0 Å². The average Bonchev–Trinajstić information content (AvgIpc) is 3.01. The van der Waals surface area contributed by atoms with Gasteiger partial charge in [-0.2, -0.15) is 0 Å². The molecule has 0 saturated carbocycles. The molecular weight excluding hydrogens is 386 g/mol. The van der Waals surface area contributed by atoms with Gasteiger partial charge in [0.05, 0.1) is 15.6 Å². The Morgan fingerprint density at radius 3 is 2.78 bits per heavy atom. The fourth-order valence-corrected chi connectivity index (χ4v) is 3.19. The third-order valence-electron chi connectivity index (χ3n) is 4.25. The molecule has 0 aliphatic heterocycles. The summed E-state index contributed by atoms with van der Waals surface area (Å²) < 4.78 is 5.92. The molecule has 0 aliphatic carbocycles. The summed E-state index contributed by atoms with van der Waals surface area (Å²) in [4.78, 5) is 12.3. The first-order chi connectivity index (χ1) is 12.9. The Kier molecular flexibility index (Phi) is 5.62. The highest BCUT2D eigenvalue weighted by Gasteiger charge is 2.17. The van der Waals surface area contributed by atoms with E-state index in [0.717, 1.165) is 28.7 Å². The first-order valence-electron chi connectivity index (χ1n) is 8.36. The van der Waals surface area contributed by atoms with Gasteiger partial charge in [0.1, 0.15) is 11.3 Å². The van der Waals surface area contributed by atoms with Crippen molar-refractivity contribution >= 4 is 51.3 Å². The Balaban J connectivity index is 1.81. The van der Waals surface area contributed by atoms with Crippen LogP contribution in [0, 0.1) is 10.1 Å². The Morgan fingerprint density at radius 2 is 2.07 bits per heavy atom. The summed E-state index contributed by atoms with van der Waals surface area (Å²) in [6, 6.07) is 12.1. The molecule has 0 amide bonds. The minimum atomic E-state index is -0.473. The van der Waals surface area contributed by atoms with Gasteiger partial charge in [-0.3, -0.25) is 10.1 Å². The molecule has 0 fully saturated rings. The molecule has 0 atom stereocenters. The number of nitro groups is 1. The average molecular weight is 404 g/mol. The summed E-state index contributed by atoms with van der Waals surface area (Å²) in [5.41, 5.74) is 2.26. The lowest BCUT2D eigenvalue weighted by molar-refractivity contribution is -0.384. The molecule has 2 aromatic carbocycles. The first-order valence-corrected chi connectivity index (χ1v) is 9.14. The van der Waals surface area contributed by atoms with Crippen LogP contribution in [0.3, 0.4) is 0 Å². The highest BCUT2D eigenvalue weighted by Crippen LogP contribution is 2.29. The summed E-state index contributed by atoms with van der Waals surface area (Å²) in [5, 5.41) is 15.8. The minimum absolute atomic E-state index is 0.0542. The number of hydrogen-bond acceptors (Lipinski definition) is 4. The van der Waals surface area contributed by atoms with Crippen LogP contribution in [0.5, 0.6) is 0 Å². The van der Waals surface area contributed by atoms with E-state index in [1.54, 1.807) is 0 Å². The third kappa shape index (κ3) is 4.04. The van der Waals surface area contributed by atoms with Crippen LogP contribution >= 0.6 is 23.8 Å². The van der Waals surface area contributed by atoms with E-state index >= 15 is 0 Å². The number of rotatable bonds is 5. The summed E-state index contributed by atoms with van der Waals surface area (Å²) in [6.45, 7) is 2.58. The van der Waals surface area contributed by atoms with Crippen LogP contribution in [0.25, 0.3) is 11.0 Å². The molecule has 0 saturated heterocycles. The van der Waals surface area contributed by atoms with Crippen molar-refractivity contribution in [2.75, 3.05) is 12.4 Å². The molecule has 6 nitrogen and oxygen atoms in total. The number of halogens is 1. The number of para-hydroxylation sites is 1. The van der Waals surface area contributed by atoms with Gasteiger partial charge in [0.15, 0.2) is 5.11 Å². The number of nitrogens with one attached hydrogen (secondary N) is 1. The predicted octanol–water partition coefficient (Wildman–Crippen LogP) is 5.39. The van der Waals surface area contributed by atoms with E-state index in [4.69, 9.17) is 28.2 Å². The second-order valence-corrected chi connectivity index (χ2v) is 6.85. The molecule has 0 unspecified atom stereocenters. The zero-order valence-electron chi connectivity index (χ0n) is 14.9. The van der Waals surface area contributed by atoms with E-state index in [-0.39, 0.29) is 5.69 Å². The lowest BCUT2D eigenvalue weighted by Gasteiger charge is -2.21. The SMILES string of the molecule is CCc1oc2ccccc2c1CN(C)C(=S)Nc1cc([N+](=O)[O-])ccc1Cl. The van der Waals surface area contributed by atoms with Gasteiger partial charge in [0.2, 0.25) is 0 Å². The fourth-order valence-electron chi connectivity index (χ4n) is 2.85. The highest BCUT2D eigenvalue weighted by atomic mass is 35.5. The van der Waals surface area contributed by atoms with E-state index in [0.29, 0.717) is 22.4 Å². The monoisotopic (exact) mass is 403 g/mol. The largest absolute Gasteiger partial charge is 0.461 e. The molecule has 3 aromatic rings. The van der Waals surface area contributed by atoms with E-state index in [9.17, 15) is 10.1 Å². The van der Waals surface area contributed by atoms with Crippen LogP contribution in [0.1, 0.15) is 18.2 Å². The number of hydrogen-bond donors (Lipinski definition) is 1. The number of non-ortho nitro benzene ring substituents is 1. The summed E-state index contributed by atoms with van der Waals surface area (Å²) in [7, 11) is 1.85. The topological polar surface area (TPSA) is 71.5 Å². The number of aryl methyl sites for hydroxylation is 1. The molecule has 0 bridgehead atoms. The quantitative estimate of drug-likeness (QED) is 0.350. The van der Waals surface area contributed by atoms with Gasteiger partial charge in [0.25, 0.3) is 5.69 Å². The number of fused-ring (bicyclic) bond motifs is 1. The van der Waals surface area contributed by atoms with Crippen molar-refractivity contribution < 1.29 is 9.34 Å². The highest BCUT2D eigenvalue weighted by molar-refractivity contribution is 7.80. The Bertz CT molecular complexity index is 1020. The molecular formula is C19H18ClN3O3S. The maximum absolute atomic E-state index is 11.0. The summed E-state index contributed by atoms with van der Waals surface area (Å²) in [6.07, 6.45) is 0.773. The summed E-state index contributed by atoms with van der Waals surface area (Å²) in [5.74, 6) is 0.916. The number of nitrogens with zero attached hydrogens (tertiary/aromatic N) is 2. The van der Waals surface area contributed by atoms with Crippen LogP contribution < -0.4 is 5.32 Å². The zero-order chi connectivity index (χ0) is 19.6. The van der Waals surface area contributed by atoms with Crippen LogP contribution in [0.4, 0.5) is 11.4 Å². The molecule has 1 heterocycles. The van der Waals surface area contributed by atoms with Crippen molar-refractivity contribution in [3.05, 3.63) is 68.9 Å². The van der Waals surface area contributed by atoms with Gasteiger partial charge in [0, 0.05) is 43.1 Å². The molecule has 1 N–H and O–H groups in total. The second-order valence-electron chi connectivity index (χ2n) is 6.06. The lowest BCUT2D eigenvalue weighted by Crippen LogP contribution is -2.30. The molecule has 27 heavy (non-hydrogen) atoms. The van der Waals surface area contributed by atoms with Crippen molar-refractivity contribution in [2.24, 2.45) is 0 Å². The number of benzene rings is 2. The Labute approximate surface area is 166 Å². The normalized spacial score (nSPS) is 10.8. The van der Waals surface area contributed by atoms with E-state index in [1.165, 1.54) is 18.2 Å². The van der Waals surface area contributed by atoms with E-state index in [2.05, 4.69) is 5.32 Å². The molecule has 1 aromatic heterocycles. The molecule has 140 valence electrons.